The van der Waals surface area contributed by atoms with Crippen LogP contribution in [-0.4, -0.2) is 17.9 Å². The zero-order chi connectivity index (χ0) is 12.3. The second kappa shape index (κ2) is 5.42. The predicted molar refractivity (Wildman–Crippen MR) is 70.8 cm³/mol. The number of ether oxygens (including phenoxy) is 1. The van der Waals surface area contributed by atoms with Gasteiger partial charge in [0.05, 0.1) is 19.1 Å². The maximum absolute atomic E-state index is 12.1. The lowest BCUT2D eigenvalue weighted by atomic mass is 10.1. The van der Waals surface area contributed by atoms with Gasteiger partial charge in [0.15, 0.2) is 5.78 Å². The number of hydrogen-bond donors (Lipinski definition) is 0. The molecule has 0 radical (unpaired) electrons. The van der Waals surface area contributed by atoms with Crippen LogP contribution in [0.5, 0.6) is 5.75 Å². The van der Waals surface area contributed by atoms with Crippen molar-refractivity contribution < 1.29 is 9.53 Å². The number of ketones is 1. The van der Waals surface area contributed by atoms with Crippen LogP contribution < -0.4 is 4.74 Å². The quantitative estimate of drug-likeness (QED) is 0.813. The fourth-order valence-corrected chi connectivity index (χ4v) is 2.42. The van der Waals surface area contributed by atoms with Crippen LogP contribution in [0.15, 0.2) is 34.2 Å². The topological polar surface area (TPSA) is 39.2 Å². The fraction of sp³-hybridized carbons (Fsp3) is 0.167. The summed E-state index contributed by atoms with van der Waals surface area (Å²) in [6.07, 6.45) is 2.02. The summed E-state index contributed by atoms with van der Waals surface area (Å²) in [6, 6.07) is 5.38. The van der Waals surface area contributed by atoms with Crippen LogP contribution in [0.1, 0.15) is 15.4 Å². The molecule has 0 aliphatic rings. The van der Waals surface area contributed by atoms with E-state index in [9.17, 15) is 4.79 Å². The molecule has 0 unspecified atom stereocenters. The molecular weight excluding hydrogens is 302 g/mol. The van der Waals surface area contributed by atoms with E-state index in [1.807, 2.05) is 11.4 Å². The predicted octanol–water partition coefficient (Wildman–Crippen LogP) is 3.34. The van der Waals surface area contributed by atoms with E-state index >= 15 is 0 Å². The highest BCUT2D eigenvalue weighted by Crippen LogP contribution is 2.25. The number of thiazole rings is 1. The highest BCUT2D eigenvalue weighted by molar-refractivity contribution is 9.10. The van der Waals surface area contributed by atoms with E-state index < -0.39 is 0 Å². The summed E-state index contributed by atoms with van der Waals surface area (Å²) in [7, 11) is 1.56. The summed E-state index contributed by atoms with van der Waals surface area (Å²) >= 11 is 4.83. The third kappa shape index (κ3) is 2.92. The van der Waals surface area contributed by atoms with Gasteiger partial charge in [-0.15, -0.1) is 11.3 Å². The van der Waals surface area contributed by atoms with Gasteiger partial charge in [0.2, 0.25) is 0 Å². The van der Waals surface area contributed by atoms with E-state index in [-0.39, 0.29) is 5.78 Å². The molecule has 0 amide bonds. The molecule has 0 atom stereocenters. The van der Waals surface area contributed by atoms with Gasteiger partial charge in [0, 0.05) is 16.0 Å². The van der Waals surface area contributed by atoms with E-state index in [1.54, 1.807) is 25.4 Å². The lowest BCUT2D eigenvalue weighted by Crippen LogP contribution is -2.05. The molecule has 0 spiro atoms. The SMILES string of the molecule is COc1cc(Br)ccc1C(=O)Cc1nccs1. The van der Waals surface area contributed by atoms with Gasteiger partial charge in [-0.25, -0.2) is 4.98 Å². The molecule has 3 nitrogen and oxygen atoms in total. The van der Waals surface area contributed by atoms with E-state index in [2.05, 4.69) is 20.9 Å². The average molecular weight is 312 g/mol. The van der Waals surface area contributed by atoms with Crippen molar-refractivity contribution in [2.24, 2.45) is 0 Å². The Kier molecular flexibility index (Phi) is 3.91. The van der Waals surface area contributed by atoms with E-state index in [4.69, 9.17) is 4.74 Å². The normalized spacial score (nSPS) is 10.2. The zero-order valence-electron chi connectivity index (χ0n) is 9.14. The standard InChI is InChI=1S/C12H10BrNO2S/c1-16-11-6-8(13)2-3-9(11)10(15)7-12-14-4-5-17-12/h2-6H,7H2,1H3. The van der Waals surface area contributed by atoms with Crippen molar-refractivity contribution in [3.63, 3.8) is 0 Å². The molecule has 0 saturated heterocycles. The zero-order valence-corrected chi connectivity index (χ0v) is 11.5. The molecular formula is C12H10BrNO2S. The Bertz CT molecular complexity index is 525. The van der Waals surface area contributed by atoms with Gasteiger partial charge in [0.25, 0.3) is 0 Å². The van der Waals surface area contributed by atoms with Crippen LogP contribution in [-0.2, 0) is 6.42 Å². The van der Waals surface area contributed by atoms with Gasteiger partial charge in [0.1, 0.15) is 10.8 Å². The molecule has 1 aromatic carbocycles. The van der Waals surface area contributed by atoms with E-state index in [0.717, 1.165) is 9.48 Å². The highest BCUT2D eigenvalue weighted by atomic mass is 79.9. The minimum absolute atomic E-state index is 0.0179. The Morgan fingerprint density at radius 3 is 3.00 bits per heavy atom. The van der Waals surface area contributed by atoms with Gasteiger partial charge < -0.3 is 4.74 Å². The Morgan fingerprint density at radius 1 is 1.53 bits per heavy atom. The van der Waals surface area contributed by atoms with Crippen molar-refractivity contribution in [3.05, 3.63) is 44.8 Å². The summed E-state index contributed by atoms with van der Waals surface area (Å²) < 4.78 is 6.09. The number of halogens is 1. The third-order valence-electron chi connectivity index (χ3n) is 2.26. The van der Waals surface area contributed by atoms with Crippen LogP contribution in [0, 0.1) is 0 Å². The number of Topliss-reactive ketones (excluding diaryl/α,β-unsaturated/α-hetero) is 1. The van der Waals surface area contributed by atoms with Crippen molar-refractivity contribution in [1.29, 1.82) is 0 Å². The molecule has 0 aliphatic heterocycles. The first-order valence-electron chi connectivity index (χ1n) is 4.96. The summed E-state index contributed by atoms with van der Waals surface area (Å²) in [5, 5.41) is 2.68. The van der Waals surface area contributed by atoms with Gasteiger partial charge >= 0.3 is 0 Å². The number of rotatable bonds is 4. The van der Waals surface area contributed by atoms with Gasteiger partial charge in [-0.1, -0.05) is 15.9 Å². The van der Waals surface area contributed by atoms with Crippen LogP contribution >= 0.6 is 27.3 Å². The lowest BCUT2D eigenvalue weighted by Gasteiger charge is -2.07. The van der Waals surface area contributed by atoms with Crippen molar-refractivity contribution in [1.82, 2.24) is 4.98 Å². The Balaban J connectivity index is 2.24. The van der Waals surface area contributed by atoms with Gasteiger partial charge in [-0.05, 0) is 18.2 Å². The molecule has 5 heteroatoms. The maximum atomic E-state index is 12.1. The summed E-state index contributed by atoms with van der Waals surface area (Å²) in [6.45, 7) is 0. The van der Waals surface area contributed by atoms with Crippen molar-refractivity contribution in [3.8, 4) is 5.75 Å². The summed E-state index contributed by atoms with van der Waals surface area (Å²) in [5.41, 5.74) is 0.589. The minimum atomic E-state index is 0.0179. The monoisotopic (exact) mass is 311 g/mol. The largest absolute Gasteiger partial charge is 0.496 e. The lowest BCUT2D eigenvalue weighted by molar-refractivity contribution is 0.0990. The number of aromatic nitrogens is 1. The Labute approximate surface area is 112 Å². The first-order valence-corrected chi connectivity index (χ1v) is 6.63. The Hall–Kier alpha value is -1.20. The molecule has 0 saturated carbocycles. The van der Waals surface area contributed by atoms with Crippen molar-refractivity contribution >= 4 is 33.0 Å². The molecule has 0 fully saturated rings. The third-order valence-corrected chi connectivity index (χ3v) is 3.53. The second-order valence-corrected chi connectivity index (χ2v) is 5.27. The number of carbonyl (C=O) groups excluding carboxylic acids is 1. The van der Waals surface area contributed by atoms with Crippen molar-refractivity contribution in [2.75, 3.05) is 7.11 Å². The van der Waals surface area contributed by atoms with Crippen LogP contribution in [0.25, 0.3) is 0 Å². The minimum Gasteiger partial charge on any atom is -0.496 e. The van der Waals surface area contributed by atoms with Gasteiger partial charge in [-0.2, -0.15) is 0 Å². The number of hydrogen-bond acceptors (Lipinski definition) is 4. The van der Waals surface area contributed by atoms with Crippen LogP contribution in [0.2, 0.25) is 0 Å². The number of carbonyl (C=O) groups is 1. The molecule has 1 aromatic heterocycles. The molecule has 1 heterocycles. The molecule has 0 aliphatic carbocycles. The first kappa shape index (κ1) is 12.3. The Morgan fingerprint density at radius 2 is 2.35 bits per heavy atom. The molecule has 0 bridgehead atoms. The average Bonchev–Trinajstić information content (AvgIpc) is 2.81. The molecule has 0 N–H and O–H groups in total. The summed E-state index contributed by atoms with van der Waals surface area (Å²) in [5.74, 6) is 0.602. The smallest absolute Gasteiger partial charge is 0.173 e. The summed E-state index contributed by atoms with van der Waals surface area (Å²) in [4.78, 5) is 16.2. The van der Waals surface area contributed by atoms with Crippen molar-refractivity contribution in [2.45, 2.75) is 6.42 Å². The number of benzene rings is 1. The first-order chi connectivity index (χ1) is 8.20. The second-order valence-electron chi connectivity index (χ2n) is 3.37. The highest BCUT2D eigenvalue weighted by Gasteiger charge is 2.14. The fourth-order valence-electron chi connectivity index (χ4n) is 1.47. The number of methoxy groups -OCH3 is 1. The van der Waals surface area contributed by atoms with Crippen LogP contribution in [0.4, 0.5) is 0 Å². The number of nitrogens with zero attached hydrogens (tertiary/aromatic N) is 1. The molecule has 17 heavy (non-hydrogen) atoms. The van der Waals surface area contributed by atoms with Gasteiger partial charge in [-0.3, -0.25) is 4.79 Å². The molecule has 88 valence electrons. The molecule has 2 aromatic rings. The van der Waals surface area contributed by atoms with E-state index in [1.165, 1.54) is 11.3 Å². The maximum Gasteiger partial charge on any atom is 0.173 e. The molecule has 2 rings (SSSR count). The van der Waals surface area contributed by atoms with E-state index in [0.29, 0.717) is 17.7 Å². The van der Waals surface area contributed by atoms with Crippen LogP contribution in [0.3, 0.4) is 0 Å².